The van der Waals surface area contributed by atoms with E-state index in [1.54, 1.807) is 0 Å². The summed E-state index contributed by atoms with van der Waals surface area (Å²) >= 11 is 0. The Bertz CT molecular complexity index is 3150. The number of hydrogen-bond donors (Lipinski definition) is 0. The molecule has 4 heterocycles. The highest BCUT2D eigenvalue weighted by Gasteiger charge is 2.61. The van der Waals surface area contributed by atoms with Gasteiger partial charge >= 0.3 is 0 Å². The minimum atomic E-state index is -0.0322. The molecule has 0 bridgehead atoms. The molecule has 2 atom stereocenters. The number of para-hydroxylation sites is 3. The van der Waals surface area contributed by atoms with Crippen LogP contribution < -0.4 is 31.1 Å². The zero-order valence-corrected chi connectivity index (χ0v) is 38.9. The molecule has 0 spiro atoms. The van der Waals surface area contributed by atoms with Crippen LogP contribution in [0.4, 0.5) is 45.5 Å². The van der Waals surface area contributed by atoms with Gasteiger partial charge in [-0.3, -0.25) is 0 Å². The van der Waals surface area contributed by atoms with Crippen molar-refractivity contribution in [2.45, 2.75) is 110 Å². The van der Waals surface area contributed by atoms with Crippen molar-refractivity contribution in [2.24, 2.45) is 0 Å². The summed E-state index contributed by atoms with van der Waals surface area (Å²) in [5.41, 5.74) is 21.2. The molecule has 318 valence electrons. The van der Waals surface area contributed by atoms with E-state index in [0.29, 0.717) is 0 Å². The minimum Gasteiger partial charge on any atom is -0.454 e. The first-order chi connectivity index (χ1) is 30.7. The van der Waals surface area contributed by atoms with Gasteiger partial charge in [0.05, 0.1) is 11.2 Å². The molecule has 12 rings (SSSR count). The van der Waals surface area contributed by atoms with Crippen LogP contribution in [0.2, 0.25) is 0 Å². The normalized spacial score (nSPS) is 19.7. The van der Waals surface area contributed by atoms with Crippen molar-refractivity contribution in [1.82, 2.24) is 0 Å². The maximum absolute atomic E-state index is 6.93. The highest BCUT2D eigenvalue weighted by molar-refractivity contribution is 7.00. The van der Waals surface area contributed by atoms with Gasteiger partial charge < -0.3 is 19.1 Å². The predicted octanol–water partition coefficient (Wildman–Crippen LogP) is 14.3. The number of anilines is 8. The number of fused-ring (bicyclic) bond motifs is 10. The summed E-state index contributed by atoms with van der Waals surface area (Å²) in [5, 5.41) is 2.27. The highest BCUT2D eigenvalue weighted by Crippen LogP contribution is 2.62. The number of hydrogen-bond acceptors (Lipinski definition) is 4. The fourth-order valence-corrected chi connectivity index (χ4v) is 12.4. The molecule has 3 aliphatic heterocycles. The number of benzene rings is 7. The summed E-state index contributed by atoms with van der Waals surface area (Å²) in [6.07, 6.45) is 4.91. The van der Waals surface area contributed by atoms with Crippen molar-refractivity contribution in [3.63, 3.8) is 0 Å². The third kappa shape index (κ3) is 5.42. The molecule has 1 saturated carbocycles. The van der Waals surface area contributed by atoms with E-state index in [0.717, 1.165) is 44.7 Å². The number of nitrogens with zero attached hydrogens (tertiary/aromatic N) is 3. The highest BCUT2D eigenvalue weighted by atomic mass is 16.3. The number of rotatable bonds is 4. The second-order valence-corrected chi connectivity index (χ2v) is 21.8. The third-order valence-corrected chi connectivity index (χ3v) is 16.0. The average Bonchev–Trinajstić information content (AvgIpc) is 3.76. The molecule has 1 aliphatic carbocycles. The molecule has 0 amide bonds. The van der Waals surface area contributed by atoms with E-state index in [1.165, 1.54) is 87.1 Å². The van der Waals surface area contributed by atoms with Crippen molar-refractivity contribution >= 4 is 90.5 Å². The van der Waals surface area contributed by atoms with Gasteiger partial charge in [0.25, 0.3) is 6.71 Å². The molecular formula is C59H58BN3O. The molecule has 1 aromatic heterocycles. The molecule has 4 aliphatic rings. The van der Waals surface area contributed by atoms with E-state index in [-0.39, 0.29) is 28.5 Å². The first kappa shape index (κ1) is 39.4. The zero-order chi connectivity index (χ0) is 44.1. The Labute approximate surface area is 379 Å². The molecule has 0 radical (unpaired) electrons. The Morgan fingerprint density at radius 2 is 1.20 bits per heavy atom. The monoisotopic (exact) mass is 835 g/mol. The Morgan fingerprint density at radius 1 is 0.578 bits per heavy atom. The summed E-state index contributed by atoms with van der Waals surface area (Å²) in [6.45, 7) is 21.2. The van der Waals surface area contributed by atoms with Crippen LogP contribution in [0.15, 0.2) is 144 Å². The van der Waals surface area contributed by atoms with E-state index < -0.39 is 0 Å². The summed E-state index contributed by atoms with van der Waals surface area (Å²) in [5.74, 6) is 0. The lowest BCUT2D eigenvalue weighted by Gasteiger charge is -2.52. The van der Waals surface area contributed by atoms with Crippen LogP contribution in [-0.2, 0) is 16.2 Å². The summed E-state index contributed by atoms with van der Waals surface area (Å²) in [6, 6.07) is 53.1. The molecule has 64 heavy (non-hydrogen) atoms. The van der Waals surface area contributed by atoms with Crippen molar-refractivity contribution in [2.75, 3.05) is 14.7 Å². The second-order valence-electron chi connectivity index (χ2n) is 21.8. The van der Waals surface area contributed by atoms with Crippen molar-refractivity contribution in [3.05, 3.63) is 162 Å². The van der Waals surface area contributed by atoms with Crippen LogP contribution >= 0.6 is 0 Å². The van der Waals surface area contributed by atoms with Gasteiger partial charge in [-0.1, -0.05) is 140 Å². The van der Waals surface area contributed by atoms with Crippen LogP contribution in [0, 0.1) is 6.92 Å². The number of furan rings is 1. The lowest BCUT2D eigenvalue weighted by atomic mass is 9.33. The molecule has 4 nitrogen and oxygen atoms in total. The van der Waals surface area contributed by atoms with E-state index in [1.807, 2.05) is 0 Å². The van der Waals surface area contributed by atoms with Crippen LogP contribution in [0.3, 0.4) is 0 Å². The molecule has 2 unspecified atom stereocenters. The Morgan fingerprint density at radius 3 is 1.91 bits per heavy atom. The summed E-state index contributed by atoms with van der Waals surface area (Å²) in [4.78, 5) is 7.83. The molecule has 1 fully saturated rings. The second kappa shape index (κ2) is 13.4. The largest absolute Gasteiger partial charge is 0.454 e. The van der Waals surface area contributed by atoms with E-state index in [4.69, 9.17) is 4.42 Å². The van der Waals surface area contributed by atoms with Gasteiger partial charge in [0.15, 0.2) is 5.58 Å². The fraction of sp³-hybridized carbons (Fsp3) is 0.288. The van der Waals surface area contributed by atoms with E-state index in [9.17, 15) is 0 Å². The van der Waals surface area contributed by atoms with Crippen LogP contribution in [0.1, 0.15) is 103 Å². The molecule has 7 aromatic carbocycles. The van der Waals surface area contributed by atoms with E-state index >= 15 is 0 Å². The Balaban J connectivity index is 1.15. The molecule has 0 saturated heterocycles. The van der Waals surface area contributed by atoms with Gasteiger partial charge in [-0.05, 0) is 137 Å². The Hall–Kier alpha value is -6.20. The summed E-state index contributed by atoms with van der Waals surface area (Å²) < 4.78 is 6.93. The van der Waals surface area contributed by atoms with Crippen LogP contribution in [-0.4, -0.2) is 12.3 Å². The molecule has 5 heteroatoms. The van der Waals surface area contributed by atoms with Gasteiger partial charge in [-0.2, -0.15) is 0 Å². The lowest BCUT2D eigenvalue weighted by Crippen LogP contribution is -2.64. The van der Waals surface area contributed by atoms with Gasteiger partial charge in [-0.25, -0.2) is 0 Å². The molecule has 8 aromatic rings. The third-order valence-electron chi connectivity index (χ3n) is 16.0. The molecule has 0 N–H and O–H groups in total. The maximum Gasteiger partial charge on any atom is 0.252 e. The Kier molecular flexibility index (Phi) is 8.26. The van der Waals surface area contributed by atoms with Gasteiger partial charge in [0.2, 0.25) is 0 Å². The first-order valence-corrected chi connectivity index (χ1v) is 23.6. The quantitative estimate of drug-likeness (QED) is 0.165. The number of aryl methyl sites for hydroxylation is 1. The lowest BCUT2D eigenvalue weighted by molar-refractivity contribution is 0.195. The van der Waals surface area contributed by atoms with Gasteiger partial charge in [0.1, 0.15) is 5.58 Å². The first-order valence-electron chi connectivity index (χ1n) is 23.6. The zero-order valence-electron chi connectivity index (χ0n) is 38.9. The summed E-state index contributed by atoms with van der Waals surface area (Å²) in [7, 11) is 0. The topological polar surface area (TPSA) is 22.9 Å². The predicted molar refractivity (Wildman–Crippen MR) is 273 cm³/mol. The van der Waals surface area contributed by atoms with Crippen LogP contribution in [0.25, 0.3) is 21.9 Å². The minimum absolute atomic E-state index is 0.0322. The van der Waals surface area contributed by atoms with Gasteiger partial charge in [-0.15, -0.1) is 0 Å². The van der Waals surface area contributed by atoms with Crippen LogP contribution in [0.5, 0.6) is 0 Å². The average molecular weight is 836 g/mol. The van der Waals surface area contributed by atoms with Crippen molar-refractivity contribution < 1.29 is 4.42 Å². The molecular weight excluding hydrogens is 777 g/mol. The SMILES string of the molecule is Cc1cc2c3c(c1)N1c4c(cccc4C4(C)CCCCC14C)B3c1ccc(N(c3ccc(C(C)(C)C)cc3)c3ccc(C(C)(C)C)cc3)cc1N2c1cccc2c1oc1ccccc12. The van der Waals surface area contributed by atoms with Crippen molar-refractivity contribution in [3.8, 4) is 0 Å². The van der Waals surface area contributed by atoms with Crippen molar-refractivity contribution in [1.29, 1.82) is 0 Å². The smallest absolute Gasteiger partial charge is 0.252 e. The fourth-order valence-electron chi connectivity index (χ4n) is 12.4. The maximum atomic E-state index is 6.93. The standard InChI is InChI=1S/C59H58BN3O/c1-37-34-50-53-51(35-37)63-54-45(58(8)32-12-13-33-59(58,63)9)18-15-19-47(54)60(53)46-31-30-42(36-49(46)62(50)48-20-14-17-44-43-16-10-11-21-52(43)64-55(44)48)61(40-26-22-38(23-27-40)56(2,3)4)41-28-24-39(25-29-41)57(5,6)7/h10-11,14-31,34-36H,12-13,32-33H2,1-9H3. The van der Waals surface area contributed by atoms with Gasteiger partial charge in [0, 0.05) is 56.0 Å². The van der Waals surface area contributed by atoms with E-state index in [2.05, 4.69) is 217 Å².